The van der Waals surface area contributed by atoms with Crippen LogP contribution in [0.3, 0.4) is 0 Å². The summed E-state index contributed by atoms with van der Waals surface area (Å²) in [5, 5.41) is 10.4. The summed E-state index contributed by atoms with van der Waals surface area (Å²) in [5.74, 6) is 0.170. The van der Waals surface area contributed by atoms with Crippen LogP contribution in [0, 0.1) is 5.41 Å². The monoisotopic (exact) mass is 241 g/mol. The minimum Gasteiger partial charge on any atom is -0.365 e. The number of halogens is 1. The third-order valence-electron chi connectivity index (χ3n) is 1.81. The fraction of sp³-hybridized carbons (Fsp3) is 0.200. The van der Waals surface area contributed by atoms with Crippen LogP contribution in [-0.4, -0.2) is 18.7 Å². The van der Waals surface area contributed by atoms with Gasteiger partial charge in [0, 0.05) is 5.02 Å². The van der Waals surface area contributed by atoms with Crippen molar-refractivity contribution in [3.63, 3.8) is 0 Å². The third kappa shape index (κ3) is 3.57. The number of hydrogen-bond donors (Lipinski definition) is 3. The lowest BCUT2D eigenvalue weighted by Gasteiger charge is -2.12. The van der Waals surface area contributed by atoms with E-state index in [1.807, 2.05) is 0 Å². The molecule has 1 atom stereocenters. The molecule has 79 valence electrons. The molecule has 1 rings (SSSR count). The van der Waals surface area contributed by atoms with Gasteiger partial charge in [-0.15, -0.1) is 0 Å². The number of hydrogen-bond acceptors (Lipinski definition) is 3. The van der Waals surface area contributed by atoms with Gasteiger partial charge in [-0.1, -0.05) is 23.7 Å². The first-order valence-electron chi connectivity index (χ1n) is 4.26. The summed E-state index contributed by atoms with van der Waals surface area (Å²) in [4.78, 5) is 9.99. The fourth-order valence-corrected chi connectivity index (χ4v) is 1.43. The maximum atomic E-state index is 9.99. The average molecular weight is 242 g/mol. The summed E-state index contributed by atoms with van der Waals surface area (Å²) >= 11 is 10.00. The fourth-order valence-electron chi connectivity index (χ4n) is 1.04. The zero-order chi connectivity index (χ0) is 11.3. The van der Waals surface area contributed by atoms with Gasteiger partial charge in [0.25, 0.3) is 0 Å². The van der Waals surface area contributed by atoms with Crippen molar-refractivity contribution in [2.75, 3.05) is 6.54 Å². The lowest BCUT2D eigenvalue weighted by molar-refractivity contribution is 0.554. The maximum absolute atomic E-state index is 9.99. The van der Waals surface area contributed by atoms with E-state index in [1.165, 1.54) is 0 Å². The molecule has 0 amide bonds. The first-order valence-corrected chi connectivity index (χ1v) is 5.15. The van der Waals surface area contributed by atoms with E-state index in [0.717, 1.165) is 5.56 Å². The van der Waals surface area contributed by atoms with E-state index in [2.05, 4.69) is 17.9 Å². The maximum Gasteiger partial charge on any atom is 0.219 e. The van der Waals surface area contributed by atoms with Gasteiger partial charge in [-0.25, -0.2) is 0 Å². The van der Waals surface area contributed by atoms with Crippen molar-refractivity contribution in [1.29, 1.82) is 5.41 Å². The lowest BCUT2D eigenvalue weighted by Crippen LogP contribution is -2.27. The normalized spacial score (nSPS) is 11.9. The molecule has 1 aromatic rings. The molecule has 0 fully saturated rings. The van der Waals surface area contributed by atoms with Gasteiger partial charge in [0.2, 0.25) is 6.29 Å². The molecule has 5 heteroatoms. The van der Waals surface area contributed by atoms with Gasteiger partial charge in [-0.05, 0) is 17.7 Å². The summed E-state index contributed by atoms with van der Waals surface area (Å²) in [6.07, 6.45) is 1.66. The number of nitrogens with one attached hydrogen (secondary N) is 2. The zero-order valence-corrected chi connectivity index (χ0v) is 9.48. The van der Waals surface area contributed by atoms with E-state index in [1.54, 1.807) is 30.6 Å². The van der Waals surface area contributed by atoms with Gasteiger partial charge in [0.15, 0.2) is 0 Å². The highest BCUT2D eigenvalue weighted by atomic mass is 35.5. The quantitative estimate of drug-likeness (QED) is 0.429. The Morgan fingerprint density at radius 3 is 2.67 bits per heavy atom. The Kier molecular flexibility index (Phi) is 4.65. The Morgan fingerprint density at radius 2 is 2.13 bits per heavy atom. The van der Waals surface area contributed by atoms with Gasteiger partial charge in [-0.2, -0.15) is 12.6 Å². The number of benzene rings is 1. The molecule has 0 aliphatic heterocycles. The Hall–Kier alpha value is -1.00. The van der Waals surface area contributed by atoms with E-state index in [9.17, 15) is 4.79 Å². The van der Waals surface area contributed by atoms with E-state index in [4.69, 9.17) is 17.0 Å². The van der Waals surface area contributed by atoms with Crippen LogP contribution in [0.4, 0.5) is 0 Å². The van der Waals surface area contributed by atoms with Crippen molar-refractivity contribution in [1.82, 2.24) is 5.32 Å². The number of thiol groups is 1. The Morgan fingerprint density at radius 1 is 1.53 bits per heavy atom. The van der Waals surface area contributed by atoms with Gasteiger partial charge in [0.05, 0.1) is 11.8 Å². The molecule has 1 aromatic carbocycles. The van der Waals surface area contributed by atoms with Crippen LogP contribution >= 0.6 is 24.2 Å². The summed E-state index contributed by atoms with van der Waals surface area (Å²) in [7, 11) is 0. The summed E-state index contributed by atoms with van der Waals surface area (Å²) in [6.45, 7) is 0.00346. The molecule has 0 aromatic heterocycles. The minimum absolute atomic E-state index is 0.00346. The van der Waals surface area contributed by atoms with Crippen LogP contribution in [0.2, 0.25) is 5.02 Å². The second-order valence-electron chi connectivity index (χ2n) is 2.87. The highest BCUT2D eigenvalue weighted by molar-refractivity contribution is 7.81. The van der Waals surface area contributed by atoms with Gasteiger partial charge in [0.1, 0.15) is 5.84 Å². The van der Waals surface area contributed by atoms with Crippen molar-refractivity contribution in [3.05, 3.63) is 34.9 Å². The Labute approximate surface area is 98.7 Å². The topological polar surface area (TPSA) is 53.0 Å². The second-order valence-corrected chi connectivity index (χ2v) is 3.82. The first kappa shape index (κ1) is 12.1. The van der Waals surface area contributed by atoms with E-state index >= 15 is 0 Å². The minimum atomic E-state index is -0.379. The smallest absolute Gasteiger partial charge is 0.219 e. The number of carbonyl (C=O) groups excluding carboxylic acids is 1. The van der Waals surface area contributed by atoms with Crippen LogP contribution in [0.5, 0.6) is 0 Å². The highest BCUT2D eigenvalue weighted by Crippen LogP contribution is 2.21. The SMILES string of the molecule is N=C(NC[C]=O)C(S)c1ccc(Cl)cc1. The molecule has 0 bridgehead atoms. The van der Waals surface area contributed by atoms with Crippen LogP contribution < -0.4 is 5.32 Å². The Balaban J connectivity index is 2.67. The predicted octanol–water partition coefficient (Wildman–Crippen LogP) is 1.99. The molecule has 2 N–H and O–H groups in total. The molecule has 0 aliphatic rings. The number of amidine groups is 1. The largest absolute Gasteiger partial charge is 0.365 e. The van der Waals surface area contributed by atoms with Gasteiger partial charge < -0.3 is 5.32 Å². The lowest BCUT2D eigenvalue weighted by atomic mass is 10.1. The molecule has 1 radical (unpaired) electrons. The van der Waals surface area contributed by atoms with Crippen molar-refractivity contribution < 1.29 is 4.79 Å². The van der Waals surface area contributed by atoms with E-state index in [-0.39, 0.29) is 17.6 Å². The summed E-state index contributed by atoms with van der Waals surface area (Å²) in [5.41, 5.74) is 0.853. The zero-order valence-electron chi connectivity index (χ0n) is 7.83. The van der Waals surface area contributed by atoms with Gasteiger partial charge >= 0.3 is 0 Å². The standard InChI is InChI=1S/C10H10ClN2OS/c11-8-3-1-7(2-4-8)9(15)10(12)13-5-6-14/h1-4,9,15H,5H2,(H2,12,13). The summed E-state index contributed by atoms with van der Waals surface area (Å²) in [6, 6.07) is 7.06. The average Bonchev–Trinajstić information content (AvgIpc) is 2.26. The summed E-state index contributed by atoms with van der Waals surface area (Å²) < 4.78 is 0. The van der Waals surface area contributed by atoms with Crippen LogP contribution in [0.25, 0.3) is 0 Å². The molecule has 0 heterocycles. The van der Waals surface area contributed by atoms with E-state index < -0.39 is 0 Å². The van der Waals surface area contributed by atoms with Crippen LogP contribution in [0.1, 0.15) is 10.8 Å². The van der Waals surface area contributed by atoms with Crippen LogP contribution in [0.15, 0.2) is 24.3 Å². The number of rotatable bonds is 4. The molecule has 0 aliphatic carbocycles. The third-order valence-corrected chi connectivity index (χ3v) is 2.62. The molecule has 1 unspecified atom stereocenters. The second kappa shape index (κ2) is 5.78. The van der Waals surface area contributed by atoms with Crippen molar-refractivity contribution in [3.8, 4) is 0 Å². The molecule has 0 spiro atoms. The van der Waals surface area contributed by atoms with Crippen molar-refractivity contribution in [2.45, 2.75) is 5.25 Å². The molecule has 15 heavy (non-hydrogen) atoms. The van der Waals surface area contributed by atoms with Gasteiger partial charge in [-0.3, -0.25) is 10.2 Å². The van der Waals surface area contributed by atoms with Crippen molar-refractivity contribution >= 4 is 36.4 Å². The molecule has 0 saturated carbocycles. The van der Waals surface area contributed by atoms with E-state index in [0.29, 0.717) is 5.02 Å². The van der Waals surface area contributed by atoms with Crippen LogP contribution in [-0.2, 0) is 4.79 Å². The molecule has 3 nitrogen and oxygen atoms in total. The first-order chi connectivity index (χ1) is 7.15. The molecule has 0 saturated heterocycles. The predicted molar refractivity (Wildman–Crippen MR) is 64.6 cm³/mol. The highest BCUT2D eigenvalue weighted by Gasteiger charge is 2.11. The molecular formula is C10H10ClN2OS. The Bertz CT molecular complexity index is 353. The van der Waals surface area contributed by atoms with Crippen molar-refractivity contribution in [2.24, 2.45) is 0 Å². The molecular weight excluding hydrogens is 232 g/mol.